The number of carbonyl (C=O) groups is 1. The van der Waals surface area contributed by atoms with E-state index in [1.807, 2.05) is 43.3 Å². The lowest BCUT2D eigenvalue weighted by atomic mass is 10.0. The maximum Gasteiger partial charge on any atom is 0.256 e. The molecule has 1 N–H and O–H groups in total. The van der Waals surface area contributed by atoms with Gasteiger partial charge in [0.25, 0.3) is 5.91 Å². The highest BCUT2D eigenvalue weighted by Crippen LogP contribution is 2.32. The maximum absolute atomic E-state index is 13.3. The molecular formula is C23H14Br2Cl2N2O. The quantitative estimate of drug-likeness (QED) is 0.272. The molecule has 0 saturated heterocycles. The zero-order chi connectivity index (χ0) is 21.4. The molecule has 30 heavy (non-hydrogen) atoms. The number of amides is 1. The van der Waals surface area contributed by atoms with Crippen LogP contribution < -0.4 is 5.32 Å². The van der Waals surface area contributed by atoms with Gasteiger partial charge in [-0.15, -0.1) is 0 Å². The summed E-state index contributed by atoms with van der Waals surface area (Å²) in [6.45, 7) is 1.97. The van der Waals surface area contributed by atoms with Crippen molar-refractivity contribution in [3.05, 3.63) is 90.8 Å². The Morgan fingerprint density at radius 1 is 0.933 bits per heavy atom. The fraction of sp³-hybridized carbons (Fsp3) is 0.0435. The first-order chi connectivity index (χ1) is 14.3. The van der Waals surface area contributed by atoms with Gasteiger partial charge in [-0.25, -0.2) is 4.98 Å². The van der Waals surface area contributed by atoms with Gasteiger partial charge in [-0.1, -0.05) is 67.2 Å². The number of halogens is 4. The largest absolute Gasteiger partial charge is 0.321 e. The van der Waals surface area contributed by atoms with E-state index in [-0.39, 0.29) is 5.91 Å². The molecule has 1 aromatic heterocycles. The highest BCUT2D eigenvalue weighted by molar-refractivity contribution is 9.10. The molecule has 7 heteroatoms. The molecule has 0 saturated carbocycles. The van der Waals surface area contributed by atoms with E-state index in [2.05, 4.69) is 37.2 Å². The van der Waals surface area contributed by atoms with Crippen molar-refractivity contribution in [2.45, 2.75) is 6.92 Å². The van der Waals surface area contributed by atoms with E-state index in [1.165, 1.54) is 0 Å². The van der Waals surface area contributed by atoms with Crippen LogP contribution in [0, 0.1) is 6.92 Å². The van der Waals surface area contributed by atoms with Crippen LogP contribution in [0.15, 0.2) is 69.6 Å². The summed E-state index contributed by atoms with van der Waals surface area (Å²) in [6, 6.07) is 18.4. The van der Waals surface area contributed by atoms with E-state index in [4.69, 9.17) is 28.2 Å². The lowest BCUT2D eigenvalue weighted by Gasteiger charge is -2.13. The molecule has 4 rings (SSSR count). The summed E-state index contributed by atoms with van der Waals surface area (Å²) in [4.78, 5) is 18.1. The smallest absolute Gasteiger partial charge is 0.256 e. The van der Waals surface area contributed by atoms with Crippen LogP contribution in [0.1, 0.15) is 15.9 Å². The molecule has 3 aromatic carbocycles. The Hall–Kier alpha value is -1.92. The zero-order valence-corrected chi connectivity index (χ0v) is 20.3. The number of nitrogens with zero attached hydrogens (tertiary/aromatic N) is 1. The van der Waals surface area contributed by atoms with Gasteiger partial charge in [0.2, 0.25) is 0 Å². The Morgan fingerprint density at radius 3 is 2.40 bits per heavy atom. The molecule has 150 valence electrons. The van der Waals surface area contributed by atoms with Crippen LogP contribution in [0.3, 0.4) is 0 Å². The summed E-state index contributed by atoms with van der Waals surface area (Å²) < 4.78 is 1.85. The average molecular weight is 565 g/mol. The summed E-state index contributed by atoms with van der Waals surface area (Å²) in [7, 11) is 0. The number of anilines is 1. The van der Waals surface area contributed by atoms with Crippen LogP contribution >= 0.6 is 55.1 Å². The molecule has 0 aliphatic carbocycles. The number of nitrogens with one attached hydrogen (secondary N) is 1. The Labute approximate surface area is 200 Å². The normalized spacial score (nSPS) is 11.0. The van der Waals surface area contributed by atoms with Crippen LogP contribution in [0.25, 0.3) is 22.2 Å². The van der Waals surface area contributed by atoms with Gasteiger partial charge in [-0.3, -0.25) is 4.79 Å². The molecule has 3 nitrogen and oxygen atoms in total. The van der Waals surface area contributed by atoms with Crippen LogP contribution in [0.4, 0.5) is 5.69 Å². The summed E-state index contributed by atoms with van der Waals surface area (Å²) in [5.41, 5.74) is 4.31. The van der Waals surface area contributed by atoms with Gasteiger partial charge in [-0.05, 0) is 61.0 Å². The first-order valence-electron chi connectivity index (χ1n) is 8.95. The molecule has 0 spiro atoms. The summed E-state index contributed by atoms with van der Waals surface area (Å²) in [5, 5.41) is 4.53. The van der Waals surface area contributed by atoms with E-state index >= 15 is 0 Å². The van der Waals surface area contributed by atoms with Crippen LogP contribution in [0.5, 0.6) is 0 Å². The third kappa shape index (κ3) is 4.40. The summed E-state index contributed by atoms with van der Waals surface area (Å²) >= 11 is 19.3. The van der Waals surface area contributed by atoms with Crippen LogP contribution in [0.2, 0.25) is 10.0 Å². The van der Waals surface area contributed by atoms with Crippen molar-refractivity contribution in [2.75, 3.05) is 5.32 Å². The van der Waals surface area contributed by atoms with Gasteiger partial charge in [0, 0.05) is 24.9 Å². The standard InChI is InChI=1S/C23H14Br2Cl2N2O/c1-12-8-15(25)9-17-18(23(30)29-21-10-16(26)6-7-19(21)27)11-20(28-22(12)17)13-2-4-14(24)5-3-13/h2-11H,1H3,(H,29,30). The fourth-order valence-corrected chi connectivity index (χ4v) is 4.37. The topological polar surface area (TPSA) is 42.0 Å². The van der Waals surface area contributed by atoms with E-state index in [9.17, 15) is 4.79 Å². The van der Waals surface area contributed by atoms with Crippen molar-refractivity contribution in [1.29, 1.82) is 0 Å². The SMILES string of the molecule is Cc1cc(Br)cc2c(C(=O)Nc3cc(Cl)ccc3Cl)cc(-c3ccc(Br)cc3)nc12. The highest BCUT2D eigenvalue weighted by Gasteiger charge is 2.17. The minimum atomic E-state index is -0.289. The van der Waals surface area contributed by atoms with Crippen molar-refractivity contribution in [3.8, 4) is 11.3 Å². The number of fused-ring (bicyclic) bond motifs is 1. The molecule has 1 amide bonds. The number of benzene rings is 3. The van der Waals surface area contributed by atoms with E-state index in [0.717, 1.165) is 31.0 Å². The number of hydrogen-bond donors (Lipinski definition) is 1. The van der Waals surface area contributed by atoms with Crippen molar-refractivity contribution in [3.63, 3.8) is 0 Å². The maximum atomic E-state index is 13.3. The monoisotopic (exact) mass is 562 g/mol. The van der Waals surface area contributed by atoms with Gasteiger partial charge >= 0.3 is 0 Å². The average Bonchev–Trinajstić information content (AvgIpc) is 2.70. The third-order valence-corrected chi connectivity index (χ3v) is 6.18. The van der Waals surface area contributed by atoms with Crippen molar-refractivity contribution >= 4 is 77.6 Å². The summed E-state index contributed by atoms with van der Waals surface area (Å²) in [6.07, 6.45) is 0. The third-order valence-electron chi connectivity index (χ3n) is 4.63. The van der Waals surface area contributed by atoms with E-state index in [1.54, 1.807) is 24.3 Å². The predicted molar refractivity (Wildman–Crippen MR) is 132 cm³/mol. The molecule has 0 unspecified atom stereocenters. The van der Waals surface area contributed by atoms with Crippen molar-refractivity contribution < 1.29 is 4.79 Å². The Balaban J connectivity index is 1.89. The van der Waals surface area contributed by atoms with E-state index in [0.29, 0.717) is 27.0 Å². The minimum absolute atomic E-state index is 0.289. The second kappa shape index (κ2) is 8.67. The molecular weight excluding hydrogens is 551 g/mol. The first-order valence-corrected chi connectivity index (χ1v) is 11.3. The number of rotatable bonds is 3. The number of aryl methyl sites for hydroxylation is 1. The lowest BCUT2D eigenvalue weighted by molar-refractivity contribution is 0.102. The lowest BCUT2D eigenvalue weighted by Crippen LogP contribution is -2.13. The summed E-state index contributed by atoms with van der Waals surface area (Å²) in [5.74, 6) is -0.289. The first kappa shape index (κ1) is 21.3. The zero-order valence-electron chi connectivity index (χ0n) is 15.6. The van der Waals surface area contributed by atoms with Gasteiger partial charge < -0.3 is 5.32 Å². The molecule has 0 aliphatic heterocycles. The van der Waals surface area contributed by atoms with Crippen LogP contribution in [-0.2, 0) is 0 Å². The number of hydrogen-bond acceptors (Lipinski definition) is 2. The fourth-order valence-electron chi connectivity index (χ4n) is 3.20. The number of pyridine rings is 1. The molecule has 0 aliphatic rings. The Kier molecular flexibility index (Phi) is 6.16. The molecule has 4 aromatic rings. The molecule has 1 heterocycles. The van der Waals surface area contributed by atoms with Gasteiger partial charge in [-0.2, -0.15) is 0 Å². The second-order valence-corrected chi connectivity index (χ2v) is 9.43. The molecule has 0 atom stereocenters. The predicted octanol–water partition coefficient (Wildman–Crippen LogP) is 8.29. The van der Waals surface area contributed by atoms with Crippen LogP contribution in [-0.4, -0.2) is 10.9 Å². The van der Waals surface area contributed by atoms with Gasteiger partial charge in [0.05, 0.1) is 27.5 Å². The number of carbonyl (C=O) groups excluding carboxylic acids is 1. The van der Waals surface area contributed by atoms with E-state index < -0.39 is 0 Å². The Bertz CT molecular complexity index is 1290. The molecule has 0 radical (unpaired) electrons. The van der Waals surface area contributed by atoms with Gasteiger partial charge in [0.15, 0.2) is 0 Å². The van der Waals surface area contributed by atoms with Gasteiger partial charge in [0.1, 0.15) is 0 Å². The second-order valence-electron chi connectivity index (χ2n) is 6.76. The Morgan fingerprint density at radius 2 is 1.67 bits per heavy atom. The minimum Gasteiger partial charge on any atom is -0.321 e. The van der Waals surface area contributed by atoms with Crippen molar-refractivity contribution in [2.24, 2.45) is 0 Å². The number of aromatic nitrogens is 1. The van der Waals surface area contributed by atoms with Crippen molar-refractivity contribution in [1.82, 2.24) is 4.98 Å². The molecule has 0 fully saturated rings. The molecule has 0 bridgehead atoms. The highest BCUT2D eigenvalue weighted by atomic mass is 79.9.